The van der Waals surface area contributed by atoms with Gasteiger partial charge in [0.15, 0.2) is 11.5 Å². The second-order valence-electron chi connectivity index (χ2n) is 7.23. The van der Waals surface area contributed by atoms with E-state index in [2.05, 4.69) is 10.4 Å². The first kappa shape index (κ1) is 21.4. The topological polar surface area (TPSA) is 65.4 Å². The van der Waals surface area contributed by atoms with Crippen LogP contribution in [0.15, 0.2) is 48.5 Å². The van der Waals surface area contributed by atoms with Gasteiger partial charge in [-0.1, -0.05) is 12.1 Å². The SMILES string of the molecule is COc1ccccc1Oc1c(CCC(=O)NC(C)C)c(C)nn1-c1ccc(F)cc1. The maximum atomic E-state index is 13.4. The van der Waals surface area contributed by atoms with Gasteiger partial charge in [0.1, 0.15) is 5.82 Å². The molecule has 1 amide bonds. The van der Waals surface area contributed by atoms with Crippen LogP contribution in [0.3, 0.4) is 0 Å². The van der Waals surface area contributed by atoms with Crippen LogP contribution in [0.1, 0.15) is 31.5 Å². The van der Waals surface area contributed by atoms with E-state index >= 15 is 0 Å². The van der Waals surface area contributed by atoms with Crippen LogP contribution >= 0.6 is 0 Å². The van der Waals surface area contributed by atoms with E-state index < -0.39 is 0 Å². The molecule has 2 aromatic carbocycles. The molecule has 3 aromatic rings. The molecular weight excluding hydrogens is 385 g/mol. The summed E-state index contributed by atoms with van der Waals surface area (Å²) in [5.74, 6) is 1.20. The van der Waals surface area contributed by atoms with Gasteiger partial charge in [-0.05, 0) is 63.6 Å². The summed E-state index contributed by atoms with van der Waals surface area (Å²) < 4.78 is 26.7. The molecule has 0 radical (unpaired) electrons. The van der Waals surface area contributed by atoms with E-state index in [4.69, 9.17) is 9.47 Å². The Bertz CT molecular complexity index is 1010. The van der Waals surface area contributed by atoms with Crippen molar-refractivity contribution in [2.75, 3.05) is 7.11 Å². The van der Waals surface area contributed by atoms with Gasteiger partial charge in [0, 0.05) is 18.0 Å². The Balaban J connectivity index is 2.00. The fourth-order valence-electron chi connectivity index (χ4n) is 3.13. The molecule has 0 atom stereocenters. The summed E-state index contributed by atoms with van der Waals surface area (Å²) in [6.07, 6.45) is 0.756. The van der Waals surface area contributed by atoms with Crippen LogP contribution in [0.5, 0.6) is 17.4 Å². The average molecular weight is 411 g/mol. The molecule has 0 bridgehead atoms. The van der Waals surface area contributed by atoms with E-state index in [1.807, 2.05) is 32.9 Å². The summed E-state index contributed by atoms with van der Waals surface area (Å²) in [5, 5.41) is 7.49. The lowest BCUT2D eigenvalue weighted by atomic mass is 10.1. The van der Waals surface area contributed by atoms with Crippen LogP contribution in [-0.2, 0) is 11.2 Å². The van der Waals surface area contributed by atoms with Crippen molar-refractivity contribution < 1.29 is 18.7 Å². The van der Waals surface area contributed by atoms with Crippen LogP contribution in [-0.4, -0.2) is 28.8 Å². The molecular formula is C23H26FN3O3. The number of para-hydroxylation sites is 2. The number of methoxy groups -OCH3 is 1. The summed E-state index contributed by atoms with van der Waals surface area (Å²) >= 11 is 0. The first-order valence-electron chi connectivity index (χ1n) is 9.83. The monoisotopic (exact) mass is 411 g/mol. The van der Waals surface area contributed by atoms with Crippen LogP contribution in [0, 0.1) is 12.7 Å². The number of hydrogen-bond donors (Lipinski definition) is 1. The summed E-state index contributed by atoms with van der Waals surface area (Å²) in [6.45, 7) is 5.71. The second-order valence-corrected chi connectivity index (χ2v) is 7.23. The molecule has 7 heteroatoms. The molecule has 0 aliphatic heterocycles. The molecule has 30 heavy (non-hydrogen) atoms. The largest absolute Gasteiger partial charge is 0.493 e. The zero-order valence-corrected chi connectivity index (χ0v) is 17.6. The highest BCUT2D eigenvalue weighted by Gasteiger charge is 2.21. The molecule has 3 rings (SSSR count). The van der Waals surface area contributed by atoms with Crippen molar-refractivity contribution in [3.8, 4) is 23.1 Å². The third kappa shape index (κ3) is 4.97. The number of ether oxygens (including phenoxy) is 2. The van der Waals surface area contributed by atoms with E-state index in [0.717, 1.165) is 11.3 Å². The predicted octanol–water partition coefficient (Wildman–Crippen LogP) is 4.58. The third-order valence-corrected chi connectivity index (χ3v) is 4.54. The molecule has 0 unspecified atom stereocenters. The van der Waals surface area contributed by atoms with Crippen molar-refractivity contribution >= 4 is 5.91 Å². The molecule has 0 spiro atoms. The number of carbonyl (C=O) groups excluding carboxylic acids is 1. The first-order chi connectivity index (χ1) is 14.4. The Kier molecular flexibility index (Phi) is 6.72. The second kappa shape index (κ2) is 9.43. The smallest absolute Gasteiger partial charge is 0.226 e. The van der Waals surface area contributed by atoms with Gasteiger partial charge >= 0.3 is 0 Å². The van der Waals surface area contributed by atoms with Gasteiger partial charge in [0.25, 0.3) is 0 Å². The lowest BCUT2D eigenvalue weighted by Gasteiger charge is -2.14. The van der Waals surface area contributed by atoms with Gasteiger partial charge < -0.3 is 14.8 Å². The van der Waals surface area contributed by atoms with Crippen molar-refractivity contribution in [1.29, 1.82) is 0 Å². The molecule has 158 valence electrons. The maximum Gasteiger partial charge on any atom is 0.226 e. The van der Waals surface area contributed by atoms with Gasteiger partial charge in [-0.2, -0.15) is 5.10 Å². The zero-order chi connectivity index (χ0) is 21.7. The van der Waals surface area contributed by atoms with E-state index in [-0.39, 0.29) is 17.8 Å². The Morgan fingerprint density at radius 1 is 1.13 bits per heavy atom. The minimum absolute atomic E-state index is 0.0397. The number of nitrogens with zero attached hydrogens (tertiary/aromatic N) is 2. The van der Waals surface area contributed by atoms with E-state index in [1.165, 1.54) is 12.1 Å². The van der Waals surface area contributed by atoms with Gasteiger partial charge in [-0.3, -0.25) is 4.79 Å². The van der Waals surface area contributed by atoms with E-state index in [0.29, 0.717) is 35.9 Å². The van der Waals surface area contributed by atoms with Gasteiger partial charge in [0.05, 0.1) is 18.5 Å². The van der Waals surface area contributed by atoms with Crippen LogP contribution in [0.2, 0.25) is 0 Å². The van der Waals surface area contributed by atoms with E-state index in [9.17, 15) is 9.18 Å². The average Bonchev–Trinajstić information content (AvgIpc) is 3.02. The molecule has 0 saturated heterocycles. The molecule has 6 nitrogen and oxygen atoms in total. The quantitative estimate of drug-likeness (QED) is 0.589. The van der Waals surface area contributed by atoms with E-state index in [1.54, 1.807) is 36.1 Å². The van der Waals surface area contributed by atoms with Crippen molar-refractivity contribution in [1.82, 2.24) is 15.1 Å². The lowest BCUT2D eigenvalue weighted by molar-refractivity contribution is -0.121. The molecule has 0 fully saturated rings. The number of aryl methyl sites for hydroxylation is 1. The zero-order valence-electron chi connectivity index (χ0n) is 17.6. The fourth-order valence-corrected chi connectivity index (χ4v) is 3.13. The molecule has 0 aliphatic rings. The standard InChI is InChI=1S/C23H26FN3O3/c1-15(2)25-22(28)14-13-19-16(3)26-27(18-11-9-17(24)10-12-18)23(19)30-21-8-6-5-7-20(21)29-4/h5-12,15H,13-14H2,1-4H3,(H,25,28). The minimum Gasteiger partial charge on any atom is -0.493 e. The summed E-state index contributed by atoms with van der Waals surface area (Å²) in [5.41, 5.74) is 2.20. The fraction of sp³-hybridized carbons (Fsp3) is 0.304. The van der Waals surface area contributed by atoms with Gasteiger partial charge in [0.2, 0.25) is 11.8 Å². The number of halogens is 1. The Labute approximate surface area is 175 Å². The first-order valence-corrected chi connectivity index (χ1v) is 9.83. The number of hydrogen-bond acceptors (Lipinski definition) is 4. The molecule has 0 aliphatic carbocycles. The highest BCUT2D eigenvalue weighted by molar-refractivity contribution is 5.76. The van der Waals surface area contributed by atoms with Crippen molar-refractivity contribution in [2.24, 2.45) is 0 Å². The summed E-state index contributed by atoms with van der Waals surface area (Å²) in [7, 11) is 1.57. The number of amides is 1. The van der Waals surface area contributed by atoms with Gasteiger partial charge in [-0.15, -0.1) is 0 Å². The molecule has 1 aromatic heterocycles. The van der Waals surface area contributed by atoms with Crippen molar-refractivity contribution in [3.63, 3.8) is 0 Å². The highest BCUT2D eigenvalue weighted by Crippen LogP contribution is 2.35. The number of carbonyl (C=O) groups is 1. The summed E-state index contributed by atoms with van der Waals surface area (Å²) in [6, 6.07) is 13.4. The lowest BCUT2D eigenvalue weighted by Crippen LogP contribution is -2.30. The number of rotatable bonds is 8. The van der Waals surface area contributed by atoms with Crippen LogP contribution < -0.4 is 14.8 Å². The number of nitrogens with one attached hydrogen (secondary N) is 1. The number of benzene rings is 2. The number of aromatic nitrogens is 2. The molecule has 1 heterocycles. The molecule has 1 N–H and O–H groups in total. The minimum atomic E-state index is -0.333. The maximum absolute atomic E-state index is 13.4. The van der Waals surface area contributed by atoms with Crippen LogP contribution in [0.4, 0.5) is 4.39 Å². The predicted molar refractivity (Wildman–Crippen MR) is 113 cm³/mol. The Morgan fingerprint density at radius 3 is 2.43 bits per heavy atom. The highest BCUT2D eigenvalue weighted by atomic mass is 19.1. The summed E-state index contributed by atoms with van der Waals surface area (Å²) in [4.78, 5) is 12.2. The van der Waals surface area contributed by atoms with Gasteiger partial charge in [-0.25, -0.2) is 9.07 Å². The normalized spacial score (nSPS) is 10.9. The van der Waals surface area contributed by atoms with Crippen molar-refractivity contribution in [3.05, 3.63) is 65.6 Å². The Hall–Kier alpha value is -3.35. The van der Waals surface area contributed by atoms with Crippen molar-refractivity contribution in [2.45, 2.75) is 39.7 Å². The Morgan fingerprint density at radius 2 is 1.80 bits per heavy atom. The van der Waals surface area contributed by atoms with Crippen LogP contribution in [0.25, 0.3) is 5.69 Å². The third-order valence-electron chi connectivity index (χ3n) is 4.54. The molecule has 0 saturated carbocycles.